The number of carbonyl (C=O) groups is 2. The molecule has 1 aliphatic heterocycles. The van der Waals surface area contributed by atoms with Gasteiger partial charge in [0.15, 0.2) is 5.82 Å². The molecule has 0 saturated heterocycles. The number of rotatable bonds is 7. The van der Waals surface area contributed by atoms with E-state index in [0.29, 0.717) is 27.3 Å². The number of halogens is 1. The molecule has 0 bridgehead atoms. The standard InChI is InChI=1S/C22H20ClN5O3S/c1-2-31-20(29)17-16(24-21(30)25-18(17)13-8-10-15(23)11-9-13)12-32-22-26-19(27-28-22)14-6-4-3-5-7-14/h3-11,18H,2,12H2,1H3,(H2,24,25,30)(H,26,27,28). The molecule has 1 atom stereocenters. The number of hydrogen-bond acceptors (Lipinski definition) is 6. The van der Waals surface area contributed by atoms with Crippen LogP contribution in [0, 0.1) is 0 Å². The molecular weight excluding hydrogens is 450 g/mol. The maximum absolute atomic E-state index is 12.8. The number of nitrogens with one attached hydrogen (secondary N) is 3. The predicted molar refractivity (Wildman–Crippen MR) is 122 cm³/mol. The van der Waals surface area contributed by atoms with Crippen LogP contribution in [0.15, 0.2) is 71.0 Å². The van der Waals surface area contributed by atoms with Crippen LogP contribution in [0.5, 0.6) is 0 Å². The molecule has 0 aliphatic carbocycles. The van der Waals surface area contributed by atoms with E-state index >= 15 is 0 Å². The molecule has 1 aliphatic rings. The fourth-order valence-corrected chi connectivity index (χ4v) is 4.15. The van der Waals surface area contributed by atoms with Gasteiger partial charge >= 0.3 is 12.0 Å². The second-order valence-electron chi connectivity index (χ2n) is 6.82. The molecule has 2 heterocycles. The Hall–Kier alpha value is -3.30. The SMILES string of the molecule is CCOC(=O)C1=C(CSc2n[nH]c(-c3ccccc3)n2)NC(=O)NC1c1ccc(Cl)cc1. The van der Waals surface area contributed by atoms with E-state index in [1.165, 1.54) is 11.8 Å². The minimum absolute atomic E-state index is 0.214. The number of aromatic amines is 1. The topological polar surface area (TPSA) is 109 Å². The summed E-state index contributed by atoms with van der Waals surface area (Å²) in [6.45, 7) is 1.95. The lowest BCUT2D eigenvalue weighted by molar-refractivity contribution is -0.139. The van der Waals surface area contributed by atoms with Crippen molar-refractivity contribution in [2.24, 2.45) is 0 Å². The van der Waals surface area contributed by atoms with Crippen LogP contribution in [0.3, 0.4) is 0 Å². The highest BCUT2D eigenvalue weighted by atomic mass is 35.5. The first kappa shape index (κ1) is 21.9. The predicted octanol–water partition coefficient (Wildman–Crippen LogP) is 4.09. The van der Waals surface area contributed by atoms with Crippen molar-refractivity contribution >= 4 is 35.4 Å². The van der Waals surface area contributed by atoms with Gasteiger partial charge in [-0.1, -0.05) is 65.8 Å². The molecule has 0 fully saturated rings. The molecule has 10 heteroatoms. The minimum Gasteiger partial charge on any atom is -0.463 e. The molecule has 0 spiro atoms. The van der Waals surface area contributed by atoms with Crippen LogP contribution < -0.4 is 10.6 Å². The third-order valence-electron chi connectivity index (χ3n) is 4.71. The van der Waals surface area contributed by atoms with Crippen molar-refractivity contribution in [1.29, 1.82) is 0 Å². The van der Waals surface area contributed by atoms with Gasteiger partial charge in [0.25, 0.3) is 0 Å². The lowest BCUT2D eigenvalue weighted by Gasteiger charge is -2.29. The summed E-state index contributed by atoms with van der Waals surface area (Å²) in [5, 5.41) is 13.7. The van der Waals surface area contributed by atoms with Crippen molar-refractivity contribution in [2.75, 3.05) is 12.4 Å². The first-order valence-corrected chi connectivity index (χ1v) is 11.2. The fourth-order valence-electron chi connectivity index (χ4n) is 3.26. The van der Waals surface area contributed by atoms with Crippen LogP contribution >= 0.6 is 23.4 Å². The second kappa shape index (κ2) is 9.88. The average molecular weight is 470 g/mol. The normalized spacial score (nSPS) is 15.8. The molecule has 4 rings (SSSR count). The van der Waals surface area contributed by atoms with Gasteiger partial charge in [0.1, 0.15) is 0 Å². The Morgan fingerprint density at radius 1 is 1.16 bits per heavy atom. The van der Waals surface area contributed by atoms with Gasteiger partial charge in [0.05, 0.1) is 18.2 Å². The zero-order valence-corrected chi connectivity index (χ0v) is 18.7. The Morgan fingerprint density at radius 3 is 2.62 bits per heavy atom. The van der Waals surface area contributed by atoms with E-state index in [0.717, 1.165) is 11.1 Å². The van der Waals surface area contributed by atoms with Crippen molar-refractivity contribution in [2.45, 2.75) is 18.1 Å². The zero-order valence-electron chi connectivity index (χ0n) is 17.1. The summed E-state index contributed by atoms with van der Waals surface area (Å²) in [7, 11) is 0. The summed E-state index contributed by atoms with van der Waals surface area (Å²) in [5.41, 5.74) is 2.42. The van der Waals surface area contributed by atoms with Gasteiger partial charge in [-0.3, -0.25) is 5.10 Å². The summed E-state index contributed by atoms with van der Waals surface area (Å²) in [5.74, 6) is 0.411. The molecule has 32 heavy (non-hydrogen) atoms. The molecular formula is C22H20ClN5O3S. The number of hydrogen-bond donors (Lipinski definition) is 3. The van der Waals surface area contributed by atoms with E-state index < -0.39 is 18.0 Å². The van der Waals surface area contributed by atoms with E-state index in [2.05, 4.69) is 25.8 Å². The number of nitrogens with zero attached hydrogens (tertiary/aromatic N) is 2. The molecule has 164 valence electrons. The summed E-state index contributed by atoms with van der Waals surface area (Å²) >= 11 is 7.30. The third-order valence-corrected chi connectivity index (χ3v) is 5.84. The number of urea groups is 1. The van der Waals surface area contributed by atoms with Gasteiger partial charge in [0, 0.05) is 22.0 Å². The molecule has 8 nitrogen and oxygen atoms in total. The van der Waals surface area contributed by atoms with Crippen LogP contribution in [-0.2, 0) is 9.53 Å². The number of ether oxygens (including phenoxy) is 1. The molecule has 3 N–H and O–H groups in total. The van der Waals surface area contributed by atoms with E-state index in [1.54, 1.807) is 31.2 Å². The van der Waals surface area contributed by atoms with Gasteiger partial charge < -0.3 is 15.4 Å². The van der Waals surface area contributed by atoms with Crippen LogP contribution in [0.4, 0.5) is 4.79 Å². The van der Waals surface area contributed by atoms with Gasteiger partial charge in [0.2, 0.25) is 5.16 Å². The number of thioether (sulfide) groups is 1. The first-order chi connectivity index (χ1) is 15.5. The summed E-state index contributed by atoms with van der Waals surface area (Å²) in [6.07, 6.45) is 0. The third kappa shape index (κ3) is 4.95. The summed E-state index contributed by atoms with van der Waals surface area (Å²) in [6, 6.07) is 15.5. The largest absolute Gasteiger partial charge is 0.463 e. The van der Waals surface area contributed by atoms with Gasteiger partial charge in [-0.2, -0.15) is 0 Å². The first-order valence-electron chi connectivity index (χ1n) is 9.89. The van der Waals surface area contributed by atoms with E-state index in [-0.39, 0.29) is 12.4 Å². The Morgan fingerprint density at radius 2 is 1.91 bits per heavy atom. The van der Waals surface area contributed by atoms with Gasteiger partial charge in [-0.15, -0.1) is 5.10 Å². The Kier molecular flexibility index (Phi) is 6.77. The van der Waals surface area contributed by atoms with Crippen LogP contribution in [0.2, 0.25) is 5.02 Å². The minimum atomic E-state index is -0.664. The van der Waals surface area contributed by atoms with E-state index in [9.17, 15) is 9.59 Å². The molecule has 2 aromatic carbocycles. The lowest BCUT2D eigenvalue weighted by atomic mass is 9.95. The Labute approximate surface area is 193 Å². The molecule has 0 saturated carbocycles. The average Bonchev–Trinajstić information content (AvgIpc) is 3.27. The fraction of sp³-hybridized carbons (Fsp3) is 0.182. The van der Waals surface area contributed by atoms with Gasteiger partial charge in [-0.05, 0) is 24.6 Å². The lowest BCUT2D eigenvalue weighted by Crippen LogP contribution is -2.46. The maximum Gasteiger partial charge on any atom is 0.338 e. The number of H-pyrrole nitrogens is 1. The summed E-state index contributed by atoms with van der Waals surface area (Å²) < 4.78 is 5.28. The molecule has 1 aromatic heterocycles. The molecule has 3 aromatic rings. The van der Waals surface area contributed by atoms with Crippen LogP contribution in [0.1, 0.15) is 18.5 Å². The number of amides is 2. The Balaban J connectivity index is 1.61. The van der Waals surface area contributed by atoms with E-state index in [1.807, 2.05) is 30.3 Å². The monoisotopic (exact) mass is 469 g/mol. The summed E-state index contributed by atoms with van der Waals surface area (Å²) in [4.78, 5) is 29.7. The highest BCUT2D eigenvalue weighted by molar-refractivity contribution is 7.99. The highest BCUT2D eigenvalue weighted by Gasteiger charge is 2.33. The van der Waals surface area contributed by atoms with Crippen LogP contribution in [-0.4, -0.2) is 39.5 Å². The molecule has 2 amide bonds. The van der Waals surface area contributed by atoms with E-state index in [4.69, 9.17) is 16.3 Å². The van der Waals surface area contributed by atoms with Crippen molar-refractivity contribution < 1.29 is 14.3 Å². The van der Waals surface area contributed by atoms with Gasteiger partial charge in [-0.25, -0.2) is 14.6 Å². The smallest absolute Gasteiger partial charge is 0.338 e. The quantitative estimate of drug-likeness (QED) is 0.355. The van der Waals surface area contributed by atoms with Crippen molar-refractivity contribution in [3.05, 3.63) is 76.5 Å². The number of esters is 1. The van der Waals surface area contributed by atoms with Crippen LogP contribution in [0.25, 0.3) is 11.4 Å². The highest BCUT2D eigenvalue weighted by Crippen LogP contribution is 2.31. The second-order valence-corrected chi connectivity index (χ2v) is 8.20. The molecule has 0 radical (unpaired) electrons. The number of carbonyl (C=O) groups excluding carboxylic acids is 2. The molecule has 1 unspecified atom stereocenters. The zero-order chi connectivity index (χ0) is 22.5. The maximum atomic E-state index is 12.8. The van der Waals surface area contributed by atoms with Crippen molar-refractivity contribution in [1.82, 2.24) is 25.8 Å². The Bertz CT molecular complexity index is 1150. The van der Waals surface area contributed by atoms with Crippen molar-refractivity contribution in [3.63, 3.8) is 0 Å². The van der Waals surface area contributed by atoms with Crippen molar-refractivity contribution in [3.8, 4) is 11.4 Å². The number of benzene rings is 2. The number of aromatic nitrogens is 3.